The molecule has 1 aliphatic rings. The zero-order valence-electron chi connectivity index (χ0n) is 18.6. The minimum absolute atomic E-state index is 0.0880. The maximum Gasteiger partial charge on any atom is 0.227 e. The third-order valence-corrected chi connectivity index (χ3v) is 6.14. The number of carbonyl (C=O) groups excluding carboxylic acids is 1. The zero-order chi connectivity index (χ0) is 23.2. The number of pyridine rings is 1. The lowest BCUT2D eigenvalue weighted by Gasteiger charge is -2.31. The first-order valence-corrected chi connectivity index (χ1v) is 11.1. The Morgan fingerprint density at radius 2 is 2.00 bits per heavy atom. The Bertz CT molecular complexity index is 1160. The van der Waals surface area contributed by atoms with E-state index >= 15 is 0 Å². The Hall–Kier alpha value is -3.32. The van der Waals surface area contributed by atoms with E-state index in [2.05, 4.69) is 21.3 Å². The van der Waals surface area contributed by atoms with Gasteiger partial charge in [-0.3, -0.25) is 9.78 Å². The number of amides is 1. The standard InChI is InChI=1S/C26H27F2N3O2/c1-33-22-3-5-25-23(17-22)18(6-11-29-25)8-13-31-14-9-19(10-15-31)26(32)30-12-7-20-16-21(27)2-4-24(20)28/h2-7,11-12,16-17,19H,8-10,13-15H2,1H3,(H,30,32). The summed E-state index contributed by atoms with van der Waals surface area (Å²) >= 11 is 0. The number of nitrogens with zero attached hydrogens (tertiary/aromatic N) is 2. The summed E-state index contributed by atoms with van der Waals surface area (Å²) < 4.78 is 32.3. The van der Waals surface area contributed by atoms with Crippen molar-refractivity contribution in [2.24, 2.45) is 5.92 Å². The number of rotatable bonds is 7. The van der Waals surface area contributed by atoms with Crippen molar-refractivity contribution < 1.29 is 18.3 Å². The number of ether oxygens (including phenoxy) is 1. The number of likely N-dealkylation sites (tertiary alicyclic amines) is 1. The van der Waals surface area contributed by atoms with E-state index in [0.29, 0.717) is 0 Å². The number of nitrogens with one attached hydrogen (secondary N) is 1. The minimum atomic E-state index is -0.532. The maximum atomic E-state index is 13.7. The van der Waals surface area contributed by atoms with Crippen LogP contribution >= 0.6 is 0 Å². The Balaban J connectivity index is 1.27. The highest BCUT2D eigenvalue weighted by Crippen LogP contribution is 2.24. The lowest BCUT2D eigenvalue weighted by molar-refractivity contribution is -0.125. The van der Waals surface area contributed by atoms with E-state index in [1.807, 2.05) is 24.4 Å². The summed E-state index contributed by atoms with van der Waals surface area (Å²) in [5.41, 5.74) is 2.29. The molecule has 172 valence electrons. The van der Waals surface area contributed by atoms with Crippen LogP contribution in [0, 0.1) is 17.6 Å². The van der Waals surface area contributed by atoms with Gasteiger partial charge in [0, 0.05) is 35.8 Å². The summed E-state index contributed by atoms with van der Waals surface area (Å²) in [6.07, 6.45) is 7.02. The van der Waals surface area contributed by atoms with E-state index in [1.165, 1.54) is 17.8 Å². The SMILES string of the molecule is COc1ccc2nccc(CCN3CCC(C(=O)NC=Cc4cc(F)ccc4F)CC3)c2c1. The van der Waals surface area contributed by atoms with Gasteiger partial charge in [0.25, 0.3) is 0 Å². The number of hydrogen-bond donors (Lipinski definition) is 1. The number of benzene rings is 2. The van der Waals surface area contributed by atoms with E-state index in [0.717, 1.165) is 73.7 Å². The number of carbonyl (C=O) groups is 1. The van der Waals surface area contributed by atoms with Crippen LogP contribution in [0.1, 0.15) is 24.0 Å². The third-order valence-electron chi connectivity index (χ3n) is 6.14. The molecule has 7 heteroatoms. The normalized spacial score (nSPS) is 15.2. The van der Waals surface area contributed by atoms with Crippen molar-refractivity contribution in [1.82, 2.24) is 15.2 Å². The number of fused-ring (bicyclic) bond motifs is 1. The molecule has 0 unspecified atom stereocenters. The molecule has 1 aliphatic heterocycles. The van der Waals surface area contributed by atoms with Gasteiger partial charge < -0.3 is 15.0 Å². The van der Waals surface area contributed by atoms with Crippen molar-refractivity contribution in [3.8, 4) is 5.75 Å². The topological polar surface area (TPSA) is 54.5 Å². The van der Waals surface area contributed by atoms with Gasteiger partial charge in [-0.2, -0.15) is 0 Å². The Kier molecular flexibility index (Phi) is 7.29. The van der Waals surface area contributed by atoms with Gasteiger partial charge in [-0.25, -0.2) is 8.78 Å². The van der Waals surface area contributed by atoms with Crippen molar-refractivity contribution in [2.45, 2.75) is 19.3 Å². The van der Waals surface area contributed by atoms with Crippen LogP contribution in [-0.4, -0.2) is 42.5 Å². The molecule has 2 heterocycles. The molecular formula is C26H27F2N3O2. The molecule has 0 saturated carbocycles. The lowest BCUT2D eigenvalue weighted by atomic mass is 9.95. The average molecular weight is 452 g/mol. The summed E-state index contributed by atoms with van der Waals surface area (Å²) in [6, 6.07) is 11.2. The van der Waals surface area contributed by atoms with Gasteiger partial charge in [0.2, 0.25) is 5.91 Å². The van der Waals surface area contributed by atoms with E-state index < -0.39 is 11.6 Å². The van der Waals surface area contributed by atoms with Gasteiger partial charge in [-0.05, 0) is 86.5 Å². The molecular weight excluding hydrogens is 424 g/mol. The third kappa shape index (κ3) is 5.73. The molecule has 4 rings (SSSR count). The van der Waals surface area contributed by atoms with E-state index in [4.69, 9.17) is 4.74 Å². The first-order valence-electron chi connectivity index (χ1n) is 11.1. The molecule has 3 aromatic rings. The second-order valence-corrected chi connectivity index (χ2v) is 8.23. The fourth-order valence-electron chi connectivity index (χ4n) is 4.20. The number of aromatic nitrogens is 1. The Morgan fingerprint density at radius 1 is 1.18 bits per heavy atom. The van der Waals surface area contributed by atoms with Crippen LogP contribution in [0.2, 0.25) is 0 Å². The van der Waals surface area contributed by atoms with Gasteiger partial charge >= 0.3 is 0 Å². The molecule has 5 nitrogen and oxygen atoms in total. The van der Waals surface area contributed by atoms with Crippen LogP contribution in [0.15, 0.2) is 54.9 Å². The van der Waals surface area contributed by atoms with Crippen molar-refractivity contribution in [1.29, 1.82) is 0 Å². The molecule has 0 radical (unpaired) electrons. The molecule has 0 bridgehead atoms. The Morgan fingerprint density at radius 3 is 2.79 bits per heavy atom. The van der Waals surface area contributed by atoms with Gasteiger partial charge in [0.1, 0.15) is 17.4 Å². The molecule has 1 fully saturated rings. The van der Waals surface area contributed by atoms with E-state index in [-0.39, 0.29) is 17.4 Å². The van der Waals surface area contributed by atoms with Crippen LogP contribution in [0.25, 0.3) is 17.0 Å². The maximum absolute atomic E-state index is 13.7. The zero-order valence-corrected chi connectivity index (χ0v) is 18.6. The van der Waals surface area contributed by atoms with Crippen LogP contribution in [-0.2, 0) is 11.2 Å². The summed E-state index contributed by atoms with van der Waals surface area (Å²) in [5, 5.41) is 3.81. The second kappa shape index (κ2) is 10.5. The van der Waals surface area contributed by atoms with Crippen molar-refractivity contribution >= 4 is 22.9 Å². The van der Waals surface area contributed by atoms with Crippen molar-refractivity contribution in [2.75, 3.05) is 26.7 Å². The highest BCUT2D eigenvalue weighted by Gasteiger charge is 2.24. The lowest BCUT2D eigenvalue weighted by Crippen LogP contribution is -2.40. The molecule has 2 aromatic carbocycles. The van der Waals surface area contributed by atoms with Crippen LogP contribution in [0.5, 0.6) is 5.75 Å². The van der Waals surface area contributed by atoms with Crippen molar-refractivity contribution in [3.05, 3.63) is 77.6 Å². The predicted octanol–water partition coefficient (Wildman–Crippen LogP) is 4.56. The molecule has 0 aliphatic carbocycles. The molecule has 1 amide bonds. The second-order valence-electron chi connectivity index (χ2n) is 8.23. The molecule has 33 heavy (non-hydrogen) atoms. The predicted molar refractivity (Wildman–Crippen MR) is 125 cm³/mol. The van der Waals surface area contributed by atoms with Gasteiger partial charge in [-0.15, -0.1) is 0 Å². The minimum Gasteiger partial charge on any atom is -0.497 e. The molecule has 1 N–H and O–H groups in total. The largest absolute Gasteiger partial charge is 0.497 e. The summed E-state index contributed by atoms with van der Waals surface area (Å²) in [5.74, 6) is -0.411. The van der Waals surface area contributed by atoms with Crippen molar-refractivity contribution in [3.63, 3.8) is 0 Å². The van der Waals surface area contributed by atoms with Crippen LogP contribution in [0.3, 0.4) is 0 Å². The molecule has 1 saturated heterocycles. The number of methoxy groups -OCH3 is 1. The number of piperidine rings is 1. The summed E-state index contributed by atoms with van der Waals surface area (Å²) in [4.78, 5) is 19.3. The van der Waals surface area contributed by atoms with Gasteiger partial charge in [-0.1, -0.05) is 0 Å². The fourth-order valence-corrected chi connectivity index (χ4v) is 4.20. The first kappa shape index (κ1) is 22.9. The quantitative estimate of drug-likeness (QED) is 0.572. The summed E-state index contributed by atoms with van der Waals surface area (Å²) in [7, 11) is 1.66. The van der Waals surface area contributed by atoms with Crippen LogP contribution < -0.4 is 10.1 Å². The molecule has 0 atom stereocenters. The molecule has 0 spiro atoms. The van der Waals surface area contributed by atoms with E-state index in [1.54, 1.807) is 7.11 Å². The average Bonchev–Trinajstić information content (AvgIpc) is 2.84. The monoisotopic (exact) mass is 451 g/mol. The first-order chi connectivity index (χ1) is 16.0. The van der Waals surface area contributed by atoms with Crippen LogP contribution in [0.4, 0.5) is 8.78 Å². The molecule has 1 aromatic heterocycles. The number of halogens is 2. The fraction of sp³-hybridized carbons (Fsp3) is 0.308. The Labute approximate surface area is 192 Å². The smallest absolute Gasteiger partial charge is 0.227 e. The van der Waals surface area contributed by atoms with Gasteiger partial charge in [0.15, 0.2) is 0 Å². The highest BCUT2D eigenvalue weighted by atomic mass is 19.1. The number of hydrogen-bond acceptors (Lipinski definition) is 4. The van der Waals surface area contributed by atoms with Gasteiger partial charge in [0.05, 0.1) is 12.6 Å². The highest BCUT2D eigenvalue weighted by molar-refractivity contribution is 5.83. The van der Waals surface area contributed by atoms with E-state index in [9.17, 15) is 13.6 Å². The summed E-state index contributed by atoms with van der Waals surface area (Å²) in [6.45, 7) is 2.59.